The normalized spacial score (nSPS) is 10.6. The number of benzene rings is 1. The average molecular weight is 177 g/mol. The molecule has 1 rings (SSSR count). The lowest BCUT2D eigenvalue weighted by molar-refractivity contribution is 0.922. The Balaban J connectivity index is 2.74. The van der Waals surface area contributed by atoms with E-state index in [0.717, 1.165) is 17.8 Å². The van der Waals surface area contributed by atoms with Gasteiger partial charge in [-0.05, 0) is 18.7 Å². The fourth-order valence-corrected chi connectivity index (χ4v) is 1.08. The first kappa shape index (κ1) is 9.77. The first-order chi connectivity index (χ1) is 6.38. The molecule has 4 N–H and O–H groups in total. The second-order valence-corrected chi connectivity index (χ2v) is 2.69. The number of para-hydroxylation sites is 1. The third kappa shape index (κ3) is 2.89. The molecule has 0 saturated carbocycles. The van der Waals surface area contributed by atoms with E-state index in [1.165, 1.54) is 0 Å². The molecular weight excluding hydrogens is 162 g/mol. The predicted molar refractivity (Wildman–Crippen MR) is 57.2 cm³/mol. The van der Waals surface area contributed by atoms with Crippen molar-refractivity contribution in [1.29, 1.82) is 0 Å². The summed E-state index contributed by atoms with van der Waals surface area (Å²) in [6, 6.07) is 7.89. The van der Waals surface area contributed by atoms with Gasteiger partial charge in [-0.15, -0.1) is 0 Å². The van der Waals surface area contributed by atoms with Crippen LogP contribution in [0.25, 0.3) is 6.08 Å². The van der Waals surface area contributed by atoms with Crippen molar-refractivity contribution >= 4 is 11.8 Å². The number of nitrogens with one attached hydrogen (secondary N) is 2. The van der Waals surface area contributed by atoms with E-state index in [9.17, 15) is 0 Å². The Morgan fingerprint density at radius 3 is 2.85 bits per heavy atom. The molecule has 3 heteroatoms. The number of hydrogen-bond acceptors (Lipinski definition) is 3. The van der Waals surface area contributed by atoms with Crippen LogP contribution in [0, 0.1) is 0 Å². The van der Waals surface area contributed by atoms with E-state index < -0.39 is 0 Å². The number of anilines is 1. The van der Waals surface area contributed by atoms with Crippen molar-refractivity contribution in [3.05, 3.63) is 35.9 Å². The molecule has 3 nitrogen and oxygen atoms in total. The molecule has 0 bridgehead atoms. The number of nitrogens with two attached hydrogens (primary N) is 1. The molecule has 70 valence electrons. The van der Waals surface area contributed by atoms with Crippen LogP contribution in [-0.4, -0.2) is 13.6 Å². The van der Waals surface area contributed by atoms with Crippen LogP contribution < -0.4 is 16.6 Å². The van der Waals surface area contributed by atoms with Crippen LogP contribution in [0.4, 0.5) is 5.69 Å². The van der Waals surface area contributed by atoms with E-state index in [2.05, 4.69) is 16.8 Å². The van der Waals surface area contributed by atoms with Gasteiger partial charge in [-0.25, -0.2) is 0 Å². The zero-order chi connectivity index (χ0) is 9.52. The highest BCUT2D eigenvalue weighted by Crippen LogP contribution is 2.14. The quantitative estimate of drug-likeness (QED) is 0.478. The van der Waals surface area contributed by atoms with Gasteiger partial charge in [0.05, 0.1) is 5.69 Å². The van der Waals surface area contributed by atoms with Crippen LogP contribution >= 0.6 is 0 Å². The van der Waals surface area contributed by atoms with Gasteiger partial charge in [0.1, 0.15) is 0 Å². The second-order valence-electron chi connectivity index (χ2n) is 2.69. The highest BCUT2D eigenvalue weighted by atomic mass is 15.2. The summed E-state index contributed by atoms with van der Waals surface area (Å²) in [6.07, 6.45) is 4.09. The lowest BCUT2D eigenvalue weighted by Gasteiger charge is -2.03. The van der Waals surface area contributed by atoms with Crippen LogP contribution in [0.2, 0.25) is 0 Å². The van der Waals surface area contributed by atoms with Gasteiger partial charge in [0.15, 0.2) is 0 Å². The molecule has 0 heterocycles. The number of rotatable bonds is 4. The lowest BCUT2D eigenvalue weighted by Crippen LogP contribution is -2.08. The Morgan fingerprint density at radius 2 is 2.15 bits per heavy atom. The molecule has 0 aliphatic carbocycles. The number of hydrazine groups is 1. The van der Waals surface area contributed by atoms with Gasteiger partial charge in [0.2, 0.25) is 0 Å². The van der Waals surface area contributed by atoms with Gasteiger partial charge in [-0.1, -0.05) is 30.4 Å². The molecule has 0 spiro atoms. The van der Waals surface area contributed by atoms with E-state index in [4.69, 9.17) is 5.84 Å². The Labute approximate surface area is 78.6 Å². The maximum absolute atomic E-state index is 5.36. The zero-order valence-corrected chi connectivity index (χ0v) is 7.75. The summed E-state index contributed by atoms with van der Waals surface area (Å²) in [4.78, 5) is 0. The van der Waals surface area contributed by atoms with Crippen molar-refractivity contribution in [1.82, 2.24) is 5.32 Å². The smallest absolute Gasteiger partial charge is 0.0557 e. The minimum Gasteiger partial charge on any atom is -0.324 e. The van der Waals surface area contributed by atoms with Crippen LogP contribution in [0.3, 0.4) is 0 Å². The molecule has 13 heavy (non-hydrogen) atoms. The fraction of sp³-hybridized carbons (Fsp3) is 0.200. The van der Waals surface area contributed by atoms with Gasteiger partial charge >= 0.3 is 0 Å². The van der Waals surface area contributed by atoms with Crippen LogP contribution in [0.15, 0.2) is 30.3 Å². The van der Waals surface area contributed by atoms with Crippen molar-refractivity contribution in [2.75, 3.05) is 19.0 Å². The number of nitrogen functional groups attached to an aromatic ring is 1. The Morgan fingerprint density at radius 1 is 1.38 bits per heavy atom. The maximum Gasteiger partial charge on any atom is 0.0557 e. The molecule has 0 unspecified atom stereocenters. The SMILES string of the molecule is CNCC=Cc1ccccc1NN. The predicted octanol–water partition coefficient (Wildman–Crippen LogP) is 1.20. The summed E-state index contributed by atoms with van der Waals surface area (Å²) in [6.45, 7) is 0.860. The van der Waals surface area contributed by atoms with Gasteiger partial charge in [0, 0.05) is 6.54 Å². The van der Waals surface area contributed by atoms with Crippen molar-refractivity contribution in [3.63, 3.8) is 0 Å². The summed E-state index contributed by atoms with van der Waals surface area (Å²) in [5.41, 5.74) is 4.69. The van der Waals surface area contributed by atoms with Gasteiger partial charge in [0.25, 0.3) is 0 Å². The van der Waals surface area contributed by atoms with Crippen molar-refractivity contribution in [2.24, 2.45) is 5.84 Å². The van der Waals surface area contributed by atoms with Gasteiger partial charge in [-0.2, -0.15) is 0 Å². The Kier molecular flexibility index (Phi) is 4.02. The molecule has 0 amide bonds. The van der Waals surface area contributed by atoms with Crippen LogP contribution in [0.5, 0.6) is 0 Å². The van der Waals surface area contributed by atoms with Crippen molar-refractivity contribution in [3.8, 4) is 0 Å². The summed E-state index contributed by atoms with van der Waals surface area (Å²) in [7, 11) is 1.91. The summed E-state index contributed by atoms with van der Waals surface area (Å²) >= 11 is 0. The molecule has 0 aliphatic rings. The monoisotopic (exact) mass is 177 g/mol. The first-order valence-corrected chi connectivity index (χ1v) is 4.25. The van der Waals surface area contributed by atoms with Crippen LogP contribution in [-0.2, 0) is 0 Å². The first-order valence-electron chi connectivity index (χ1n) is 4.25. The molecule has 1 aromatic rings. The molecule has 0 aliphatic heterocycles. The molecular formula is C10H15N3. The largest absolute Gasteiger partial charge is 0.324 e. The van der Waals surface area contributed by atoms with E-state index in [-0.39, 0.29) is 0 Å². The highest BCUT2D eigenvalue weighted by Gasteiger charge is 1.93. The van der Waals surface area contributed by atoms with Crippen LogP contribution in [0.1, 0.15) is 5.56 Å². The third-order valence-corrected chi connectivity index (χ3v) is 1.74. The minimum atomic E-state index is 0.860. The standard InChI is InChI=1S/C10H15N3/c1-12-8-4-6-9-5-2-3-7-10(9)13-11/h2-7,12-13H,8,11H2,1H3. The topological polar surface area (TPSA) is 50.1 Å². The Bertz CT molecular complexity index is 281. The number of likely N-dealkylation sites (N-methyl/N-ethyl adjacent to an activating group) is 1. The van der Waals surface area contributed by atoms with E-state index >= 15 is 0 Å². The molecule has 0 atom stereocenters. The molecule has 0 fully saturated rings. The minimum absolute atomic E-state index is 0.860. The maximum atomic E-state index is 5.36. The second kappa shape index (κ2) is 5.35. The number of hydrogen-bond donors (Lipinski definition) is 3. The highest BCUT2D eigenvalue weighted by molar-refractivity contribution is 5.65. The Hall–Kier alpha value is -1.32. The van der Waals surface area contributed by atoms with E-state index in [1.54, 1.807) is 0 Å². The molecule has 0 saturated heterocycles. The zero-order valence-electron chi connectivity index (χ0n) is 7.75. The van der Waals surface area contributed by atoms with Crippen molar-refractivity contribution in [2.45, 2.75) is 0 Å². The van der Waals surface area contributed by atoms with E-state index in [0.29, 0.717) is 0 Å². The lowest BCUT2D eigenvalue weighted by atomic mass is 10.1. The summed E-state index contributed by atoms with van der Waals surface area (Å²) in [5, 5.41) is 3.04. The third-order valence-electron chi connectivity index (χ3n) is 1.74. The molecule has 0 aromatic heterocycles. The van der Waals surface area contributed by atoms with E-state index in [1.807, 2.05) is 37.4 Å². The van der Waals surface area contributed by atoms with Gasteiger partial charge in [-0.3, -0.25) is 5.84 Å². The summed E-state index contributed by atoms with van der Waals surface area (Å²) in [5.74, 6) is 5.36. The van der Waals surface area contributed by atoms with Gasteiger partial charge < -0.3 is 10.7 Å². The molecule has 0 radical (unpaired) electrons. The summed E-state index contributed by atoms with van der Waals surface area (Å²) < 4.78 is 0. The average Bonchev–Trinajstić information content (AvgIpc) is 2.19. The molecule has 1 aromatic carbocycles. The van der Waals surface area contributed by atoms with Crippen molar-refractivity contribution < 1.29 is 0 Å². The fourth-order valence-electron chi connectivity index (χ4n) is 1.08.